The Morgan fingerprint density at radius 1 is 1.21 bits per heavy atom. The van der Waals surface area contributed by atoms with Crippen molar-refractivity contribution < 1.29 is 24.6 Å². The van der Waals surface area contributed by atoms with E-state index in [1.165, 1.54) is 6.92 Å². The standard InChI is InChI=1S/C6H10O4.C2H5NO/c1-2-3-4(5(7)8)6(9)10;1-2(3)4/h4H,2-3H2,1H3,(H,7,8)(H,9,10);1H3,(H2,3,4). The first-order chi connectivity index (χ1) is 6.32. The molecule has 0 aliphatic rings. The molecule has 0 atom stereocenters. The molecule has 0 heterocycles. The topological polar surface area (TPSA) is 118 Å². The predicted molar refractivity (Wildman–Crippen MR) is 48.5 cm³/mol. The molecule has 6 nitrogen and oxygen atoms in total. The first-order valence-electron chi connectivity index (χ1n) is 4.04. The predicted octanol–water partition coefficient (Wildman–Crippen LogP) is 0.0635. The van der Waals surface area contributed by atoms with Gasteiger partial charge in [0.2, 0.25) is 5.91 Å². The van der Waals surface area contributed by atoms with E-state index < -0.39 is 17.9 Å². The van der Waals surface area contributed by atoms with Gasteiger partial charge in [-0.2, -0.15) is 0 Å². The molecule has 0 saturated heterocycles. The minimum atomic E-state index is -1.26. The Balaban J connectivity index is 0. The van der Waals surface area contributed by atoms with E-state index in [0.717, 1.165) is 0 Å². The zero-order valence-corrected chi connectivity index (χ0v) is 8.19. The quantitative estimate of drug-likeness (QED) is 0.561. The van der Waals surface area contributed by atoms with Crippen LogP contribution in [0.4, 0.5) is 0 Å². The van der Waals surface area contributed by atoms with Crippen LogP contribution in [0.3, 0.4) is 0 Å². The largest absolute Gasteiger partial charge is 0.481 e. The highest BCUT2D eigenvalue weighted by atomic mass is 16.4. The monoisotopic (exact) mass is 205 g/mol. The molecule has 0 unspecified atom stereocenters. The van der Waals surface area contributed by atoms with Crippen molar-refractivity contribution in [3.8, 4) is 0 Å². The van der Waals surface area contributed by atoms with Gasteiger partial charge >= 0.3 is 11.9 Å². The van der Waals surface area contributed by atoms with Crippen LogP contribution in [0, 0.1) is 5.92 Å². The first-order valence-corrected chi connectivity index (χ1v) is 4.04. The average molecular weight is 205 g/mol. The number of aliphatic carboxylic acids is 2. The van der Waals surface area contributed by atoms with Gasteiger partial charge in [0.05, 0.1) is 0 Å². The number of carboxylic acids is 2. The number of hydrogen-bond donors (Lipinski definition) is 3. The van der Waals surface area contributed by atoms with Gasteiger partial charge in [-0.1, -0.05) is 13.3 Å². The number of primary amides is 1. The Kier molecular flexibility index (Phi) is 8.55. The molecule has 0 aliphatic carbocycles. The van der Waals surface area contributed by atoms with Crippen LogP contribution in [0.5, 0.6) is 0 Å². The third-order valence-corrected chi connectivity index (χ3v) is 1.17. The molecule has 0 saturated carbocycles. The molecule has 0 fully saturated rings. The maximum absolute atomic E-state index is 10.2. The molecule has 4 N–H and O–H groups in total. The third kappa shape index (κ3) is 10.4. The number of carboxylic acid groups (broad SMARTS) is 2. The Morgan fingerprint density at radius 2 is 1.50 bits per heavy atom. The number of nitrogens with two attached hydrogens (primary N) is 1. The van der Waals surface area contributed by atoms with Crippen molar-refractivity contribution in [2.75, 3.05) is 0 Å². The summed E-state index contributed by atoms with van der Waals surface area (Å²) in [6, 6.07) is 0. The van der Waals surface area contributed by atoms with Gasteiger partial charge in [-0.3, -0.25) is 14.4 Å². The van der Waals surface area contributed by atoms with Crippen LogP contribution in [0.1, 0.15) is 26.7 Å². The normalized spacial score (nSPS) is 8.79. The molecule has 82 valence electrons. The summed E-state index contributed by atoms with van der Waals surface area (Å²) in [6.07, 6.45) is 0.772. The van der Waals surface area contributed by atoms with Crippen LogP contribution < -0.4 is 5.73 Å². The van der Waals surface area contributed by atoms with Crippen molar-refractivity contribution in [2.45, 2.75) is 26.7 Å². The minimum Gasteiger partial charge on any atom is -0.481 e. The second-order valence-electron chi connectivity index (χ2n) is 2.63. The van der Waals surface area contributed by atoms with E-state index in [1.807, 2.05) is 0 Å². The highest BCUT2D eigenvalue weighted by Crippen LogP contribution is 2.05. The maximum atomic E-state index is 10.2. The molecule has 1 amide bonds. The van der Waals surface area contributed by atoms with Gasteiger partial charge in [0, 0.05) is 6.92 Å². The molecule has 0 aromatic rings. The van der Waals surface area contributed by atoms with Gasteiger partial charge < -0.3 is 15.9 Å². The highest BCUT2D eigenvalue weighted by molar-refractivity contribution is 5.92. The van der Waals surface area contributed by atoms with Gasteiger partial charge in [-0.05, 0) is 6.42 Å². The molecule has 0 spiro atoms. The van der Waals surface area contributed by atoms with E-state index in [-0.39, 0.29) is 12.3 Å². The van der Waals surface area contributed by atoms with Crippen molar-refractivity contribution in [2.24, 2.45) is 11.7 Å². The third-order valence-electron chi connectivity index (χ3n) is 1.17. The van der Waals surface area contributed by atoms with Crippen molar-refractivity contribution in [1.82, 2.24) is 0 Å². The summed E-state index contributed by atoms with van der Waals surface area (Å²) >= 11 is 0. The van der Waals surface area contributed by atoms with E-state index in [0.29, 0.717) is 6.42 Å². The molecule has 14 heavy (non-hydrogen) atoms. The van der Waals surface area contributed by atoms with E-state index in [9.17, 15) is 14.4 Å². The van der Waals surface area contributed by atoms with E-state index in [1.54, 1.807) is 6.92 Å². The van der Waals surface area contributed by atoms with Gasteiger partial charge in [0.1, 0.15) is 0 Å². The van der Waals surface area contributed by atoms with Crippen LogP contribution in [0.25, 0.3) is 0 Å². The Hall–Kier alpha value is -1.59. The zero-order chi connectivity index (χ0) is 11.7. The summed E-state index contributed by atoms with van der Waals surface area (Å²) in [4.78, 5) is 29.5. The lowest BCUT2D eigenvalue weighted by Gasteiger charge is -2.02. The summed E-state index contributed by atoms with van der Waals surface area (Å²) in [6.45, 7) is 3.05. The lowest BCUT2D eigenvalue weighted by Crippen LogP contribution is -2.22. The van der Waals surface area contributed by atoms with Gasteiger partial charge in [0.25, 0.3) is 0 Å². The maximum Gasteiger partial charge on any atom is 0.317 e. The van der Waals surface area contributed by atoms with Crippen LogP contribution in [0.15, 0.2) is 0 Å². The highest BCUT2D eigenvalue weighted by Gasteiger charge is 2.23. The number of carbonyl (C=O) groups is 3. The summed E-state index contributed by atoms with van der Waals surface area (Å²) in [5.41, 5.74) is 4.47. The van der Waals surface area contributed by atoms with Crippen LogP contribution in [-0.4, -0.2) is 28.1 Å². The number of carbonyl (C=O) groups excluding carboxylic acids is 1. The lowest BCUT2D eigenvalue weighted by atomic mass is 10.1. The van der Waals surface area contributed by atoms with E-state index >= 15 is 0 Å². The zero-order valence-electron chi connectivity index (χ0n) is 8.19. The molecule has 0 aliphatic heterocycles. The summed E-state index contributed by atoms with van der Waals surface area (Å²) in [5.74, 6) is -4.08. The van der Waals surface area contributed by atoms with E-state index in [4.69, 9.17) is 10.2 Å². The molecule has 6 heteroatoms. The van der Waals surface area contributed by atoms with E-state index in [2.05, 4.69) is 5.73 Å². The summed E-state index contributed by atoms with van der Waals surface area (Å²) in [5, 5.41) is 16.6. The SMILES string of the molecule is CC(N)=O.CCCC(C(=O)O)C(=O)O. The fourth-order valence-corrected chi connectivity index (χ4v) is 0.641. The van der Waals surface area contributed by atoms with Crippen LogP contribution in [0.2, 0.25) is 0 Å². The van der Waals surface area contributed by atoms with Gasteiger partial charge in [-0.15, -0.1) is 0 Å². The Morgan fingerprint density at radius 3 is 1.57 bits per heavy atom. The summed E-state index contributed by atoms with van der Waals surface area (Å²) in [7, 11) is 0. The van der Waals surface area contributed by atoms with Gasteiger partial charge in [0.15, 0.2) is 5.92 Å². The van der Waals surface area contributed by atoms with Crippen molar-refractivity contribution in [3.63, 3.8) is 0 Å². The molecular formula is C8H15NO5. The first kappa shape index (κ1) is 14.9. The Bertz CT molecular complexity index is 196. The summed E-state index contributed by atoms with van der Waals surface area (Å²) < 4.78 is 0. The molecule has 0 bridgehead atoms. The molecular weight excluding hydrogens is 190 g/mol. The molecule has 0 aromatic heterocycles. The molecule has 0 radical (unpaired) electrons. The number of hydrogen-bond acceptors (Lipinski definition) is 3. The minimum absolute atomic E-state index is 0.199. The second-order valence-corrected chi connectivity index (χ2v) is 2.63. The van der Waals surface area contributed by atoms with Crippen molar-refractivity contribution in [1.29, 1.82) is 0 Å². The molecule has 0 rings (SSSR count). The van der Waals surface area contributed by atoms with Crippen LogP contribution in [-0.2, 0) is 14.4 Å². The smallest absolute Gasteiger partial charge is 0.317 e. The average Bonchev–Trinajstić information content (AvgIpc) is 1.97. The lowest BCUT2D eigenvalue weighted by molar-refractivity contribution is -0.154. The van der Waals surface area contributed by atoms with Crippen LogP contribution >= 0.6 is 0 Å². The number of rotatable bonds is 4. The van der Waals surface area contributed by atoms with Gasteiger partial charge in [-0.25, -0.2) is 0 Å². The van der Waals surface area contributed by atoms with Crippen molar-refractivity contribution >= 4 is 17.8 Å². The van der Waals surface area contributed by atoms with Crippen molar-refractivity contribution in [3.05, 3.63) is 0 Å². The molecule has 0 aromatic carbocycles. The number of amides is 1. The Labute approximate surface area is 81.7 Å². The second kappa shape index (κ2) is 8.03. The fraction of sp³-hybridized carbons (Fsp3) is 0.625. The fourth-order valence-electron chi connectivity index (χ4n) is 0.641.